The van der Waals surface area contributed by atoms with Crippen LogP contribution in [0.3, 0.4) is 0 Å². The van der Waals surface area contributed by atoms with Crippen molar-refractivity contribution in [3.8, 4) is 5.75 Å². The molecule has 0 atom stereocenters. The van der Waals surface area contributed by atoms with Gasteiger partial charge in [0, 0.05) is 12.1 Å². The molecule has 2 aromatic carbocycles. The number of alkyl halides is 3. The molecule has 6 heteroatoms. The number of rotatable bonds is 6. The summed E-state index contributed by atoms with van der Waals surface area (Å²) >= 11 is 0. The van der Waals surface area contributed by atoms with Crippen LogP contribution in [0, 0.1) is 0 Å². The quantitative estimate of drug-likeness (QED) is 0.628. The Kier molecular flexibility index (Phi) is 8.20. The summed E-state index contributed by atoms with van der Waals surface area (Å²) in [4.78, 5) is 2.38. The molecular formula is C22H27ClF3NO. The van der Waals surface area contributed by atoms with E-state index in [2.05, 4.69) is 11.0 Å². The second-order valence-electron chi connectivity index (χ2n) is 7.35. The van der Waals surface area contributed by atoms with Gasteiger partial charge in [0.15, 0.2) is 0 Å². The van der Waals surface area contributed by atoms with Gasteiger partial charge in [0.2, 0.25) is 0 Å². The molecule has 1 aliphatic rings. The molecule has 2 nitrogen and oxygen atoms in total. The van der Waals surface area contributed by atoms with Crippen LogP contribution >= 0.6 is 12.4 Å². The smallest absolute Gasteiger partial charge is 0.416 e. The zero-order valence-electron chi connectivity index (χ0n) is 15.8. The fraction of sp³-hybridized carbons (Fsp3) is 0.455. The van der Waals surface area contributed by atoms with E-state index in [0.29, 0.717) is 5.75 Å². The molecule has 0 aliphatic carbocycles. The average molecular weight is 414 g/mol. The highest BCUT2D eigenvalue weighted by Gasteiger charge is 2.29. The van der Waals surface area contributed by atoms with Crippen LogP contribution in [0.1, 0.15) is 47.9 Å². The van der Waals surface area contributed by atoms with Gasteiger partial charge in [0.1, 0.15) is 5.75 Å². The number of halogens is 4. The molecule has 0 amide bonds. The molecule has 0 aromatic heterocycles. The van der Waals surface area contributed by atoms with Crippen molar-refractivity contribution < 1.29 is 18.3 Å². The molecule has 1 saturated heterocycles. The lowest BCUT2D eigenvalue weighted by Crippen LogP contribution is -2.29. The first-order valence-electron chi connectivity index (χ1n) is 9.61. The molecule has 0 radical (unpaired) electrons. The Hall–Kier alpha value is -1.72. The number of benzene rings is 2. The van der Waals surface area contributed by atoms with Gasteiger partial charge in [0.25, 0.3) is 0 Å². The maximum Gasteiger partial charge on any atom is 0.416 e. The van der Waals surface area contributed by atoms with Crippen molar-refractivity contribution in [3.63, 3.8) is 0 Å². The van der Waals surface area contributed by atoms with E-state index in [1.165, 1.54) is 19.3 Å². The molecule has 154 valence electrons. The number of hydrogen-bond acceptors (Lipinski definition) is 2. The minimum absolute atomic E-state index is 0. The number of aryl methyl sites for hydroxylation is 2. The molecule has 1 heterocycles. The Bertz CT molecular complexity index is 740. The van der Waals surface area contributed by atoms with Crippen molar-refractivity contribution in [2.45, 2.75) is 51.2 Å². The van der Waals surface area contributed by atoms with E-state index in [4.69, 9.17) is 0 Å². The number of aromatic hydroxyl groups is 1. The first-order valence-corrected chi connectivity index (χ1v) is 9.61. The van der Waals surface area contributed by atoms with Crippen molar-refractivity contribution in [2.24, 2.45) is 0 Å². The van der Waals surface area contributed by atoms with Gasteiger partial charge in [-0.3, -0.25) is 4.90 Å². The third-order valence-electron chi connectivity index (χ3n) is 5.20. The summed E-state index contributed by atoms with van der Waals surface area (Å²) in [6.07, 6.45) is 1.87. The molecule has 0 spiro atoms. The Morgan fingerprint density at radius 2 is 1.46 bits per heavy atom. The topological polar surface area (TPSA) is 23.5 Å². The molecule has 1 aliphatic heterocycles. The van der Waals surface area contributed by atoms with Gasteiger partial charge >= 0.3 is 6.18 Å². The van der Waals surface area contributed by atoms with E-state index >= 15 is 0 Å². The van der Waals surface area contributed by atoms with Crippen LogP contribution in [0.2, 0.25) is 0 Å². The fourth-order valence-corrected chi connectivity index (χ4v) is 3.64. The SMILES string of the molecule is Cl.Oc1ccc(CCCc2ccc(C(F)(F)F)cc2)cc1CN1CCCCC1. The number of phenolic OH excluding ortho intramolecular Hbond substituents is 1. The summed E-state index contributed by atoms with van der Waals surface area (Å²) in [5.74, 6) is 0.340. The molecule has 2 aromatic rings. The zero-order chi connectivity index (χ0) is 19.3. The Labute approximate surface area is 170 Å². The van der Waals surface area contributed by atoms with Gasteiger partial charge in [-0.05, 0) is 74.5 Å². The highest BCUT2D eigenvalue weighted by Crippen LogP contribution is 2.29. The predicted molar refractivity (Wildman–Crippen MR) is 108 cm³/mol. The van der Waals surface area contributed by atoms with Crippen LogP contribution in [0.4, 0.5) is 13.2 Å². The van der Waals surface area contributed by atoms with Gasteiger partial charge in [-0.15, -0.1) is 12.4 Å². The van der Waals surface area contributed by atoms with E-state index < -0.39 is 11.7 Å². The largest absolute Gasteiger partial charge is 0.508 e. The van der Waals surface area contributed by atoms with E-state index in [1.54, 1.807) is 18.2 Å². The van der Waals surface area contributed by atoms with Crippen molar-refractivity contribution in [3.05, 3.63) is 64.7 Å². The van der Waals surface area contributed by atoms with E-state index in [1.807, 2.05) is 6.07 Å². The average Bonchev–Trinajstić information content (AvgIpc) is 2.65. The van der Waals surface area contributed by atoms with Crippen LogP contribution < -0.4 is 0 Å². The summed E-state index contributed by atoms with van der Waals surface area (Å²) in [5, 5.41) is 10.1. The zero-order valence-corrected chi connectivity index (χ0v) is 16.7. The highest BCUT2D eigenvalue weighted by atomic mass is 35.5. The Balaban J connectivity index is 0.00000280. The minimum Gasteiger partial charge on any atom is -0.508 e. The maximum absolute atomic E-state index is 12.6. The second kappa shape index (κ2) is 10.2. The number of nitrogens with zero attached hydrogens (tertiary/aromatic N) is 1. The van der Waals surface area contributed by atoms with E-state index in [0.717, 1.165) is 67.7 Å². The van der Waals surface area contributed by atoms with Crippen LogP contribution in [0.15, 0.2) is 42.5 Å². The summed E-state index contributed by atoms with van der Waals surface area (Å²) < 4.78 is 37.8. The van der Waals surface area contributed by atoms with Crippen molar-refractivity contribution in [1.29, 1.82) is 0 Å². The molecule has 3 rings (SSSR count). The van der Waals surface area contributed by atoms with E-state index in [-0.39, 0.29) is 12.4 Å². The number of likely N-dealkylation sites (tertiary alicyclic amines) is 1. The maximum atomic E-state index is 12.6. The number of piperidine rings is 1. The standard InChI is InChI=1S/C22H26F3NO.ClH/c23-22(24,25)20-10-7-17(8-11-20)5-4-6-18-9-12-21(27)19(15-18)16-26-13-2-1-3-14-26;/h7-12,15,27H,1-6,13-14,16H2;1H. The third kappa shape index (κ3) is 6.42. The minimum atomic E-state index is -4.28. The Morgan fingerprint density at radius 1 is 0.857 bits per heavy atom. The summed E-state index contributed by atoms with van der Waals surface area (Å²) in [7, 11) is 0. The van der Waals surface area contributed by atoms with Gasteiger partial charge < -0.3 is 5.11 Å². The highest BCUT2D eigenvalue weighted by molar-refractivity contribution is 5.85. The van der Waals surface area contributed by atoms with Crippen LogP contribution in [-0.4, -0.2) is 23.1 Å². The van der Waals surface area contributed by atoms with Crippen molar-refractivity contribution in [1.82, 2.24) is 4.90 Å². The van der Waals surface area contributed by atoms with Crippen LogP contribution in [0.25, 0.3) is 0 Å². The van der Waals surface area contributed by atoms with Gasteiger partial charge in [-0.1, -0.05) is 30.7 Å². The lowest BCUT2D eigenvalue weighted by molar-refractivity contribution is -0.137. The predicted octanol–water partition coefficient (Wildman–Crippen LogP) is 5.99. The Morgan fingerprint density at radius 3 is 2.11 bits per heavy atom. The molecule has 1 N–H and O–H groups in total. The monoisotopic (exact) mass is 413 g/mol. The van der Waals surface area contributed by atoms with E-state index in [9.17, 15) is 18.3 Å². The van der Waals surface area contributed by atoms with Crippen LogP contribution in [-0.2, 0) is 25.6 Å². The summed E-state index contributed by atoms with van der Waals surface area (Å²) in [6.45, 7) is 2.94. The lowest BCUT2D eigenvalue weighted by Gasteiger charge is -2.26. The molecule has 0 saturated carbocycles. The molecule has 1 fully saturated rings. The number of hydrogen-bond donors (Lipinski definition) is 1. The first-order chi connectivity index (χ1) is 12.9. The van der Waals surface area contributed by atoms with Gasteiger partial charge in [-0.2, -0.15) is 13.2 Å². The van der Waals surface area contributed by atoms with Crippen molar-refractivity contribution >= 4 is 12.4 Å². The molecule has 0 bridgehead atoms. The second-order valence-corrected chi connectivity index (χ2v) is 7.35. The lowest BCUT2D eigenvalue weighted by atomic mass is 10.0. The van der Waals surface area contributed by atoms with Crippen molar-refractivity contribution in [2.75, 3.05) is 13.1 Å². The number of phenols is 1. The fourth-order valence-electron chi connectivity index (χ4n) is 3.64. The normalized spacial score (nSPS) is 15.2. The third-order valence-corrected chi connectivity index (χ3v) is 5.20. The first kappa shape index (κ1) is 22.6. The molecule has 28 heavy (non-hydrogen) atoms. The summed E-state index contributed by atoms with van der Waals surface area (Å²) in [5.41, 5.74) is 2.43. The van der Waals surface area contributed by atoms with Gasteiger partial charge in [-0.25, -0.2) is 0 Å². The van der Waals surface area contributed by atoms with Crippen LogP contribution in [0.5, 0.6) is 5.75 Å². The molecule has 0 unspecified atom stereocenters. The summed E-state index contributed by atoms with van der Waals surface area (Å²) in [6, 6.07) is 11.2. The van der Waals surface area contributed by atoms with Gasteiger partial charge in [0.05, 0.1) is 5.56 Å². The molecular weight excluding hydrogens is 387 g/mol.